The molecule has 0 N–H and O–H groups in total. The van der Waals surface area contributed by atoms with Gasteiger partial charge in [0.15, 0.2) is 11.5 Å². The molecule has 29 heavy (non-hydrogen) atoms. The number of benzene rings is 2. The van der Waals surface area contributed by atoms with Gasteiger partial charge in [0.25, 0.3) is 5.91 Å². The number of hydrogen-bond donors (Lipinski definition) is 0. The Kier molecular flexibility index (Phi) is 5.58. The molecule has 1 aliphatic heterocycles. The zero-order valence-electron chi connectivity index (χ0n) is 17.0. The van der Waals surface area contributed by atoms with Crippen LogP contribution in [0.25, 0.3) is 0 Å². The van der Waals surface area contributed by atoms with Gasteiger partial charge in [0.05, 0.1) is 12.0 Å². The first-order valence-electron chi connectivity index (χ1n) is 9.81. The van der Waals surface area contributed by atoms with Crippen LogP contribution in [0, 0.1) is 13.8 Å². The zero-order valence-corrected chi connectivity index (χ0v) is 17.8. The molecule has 0 aliphatic carbocycles. The molecule has 150 valence electrons. The summed E-state index contributed by atoms with van der Waals surface area (Å²) in [5.41, 5.74) is 5.65. The molecule has 0 spiro atoms. The lowest BCUT2D eigenvalue weighted by Crippen LogP contribution is -2.35. The Balaban J connectivity index is 1.48. The van der Waals surface area contributed by atoms with Gasteiger partial charge < -0.3 is 14.4 Å². The average molecular weight is 408 g/mol. The fraction of sp³-hybridized carbons (Fsp3) is 0.292. The van der Waals surface area contributed by atoms with Gasteiger partial charge in [0, 0.05) is 17.8 Å². The second-order valence-corrected chi connectivity index (χ2v) is 8.37. The molecule has 0 fully saturated rings. The quantitative estimate of drug-likeness (QED) is 0.557. The summed E-state index contributed by atoms with van der Waals surface area (Å²) < 4.78 is 11.3. The first-order chi connectivity index (χ1) is 14.0. The summed E-state index contributed by atoms with van der Waals surface area (Å²) in [4.78, 5) is 15.8. The molecule has 1 aliphatic rings. The fourth-order valence-corrected chi connectivity index (χ4v) is 4.53. The van der Waals surface area contributed by atoms with Crippen molar-refractivity contribution in [3.05, 3.63) is 75.0 Å². The van der Waals surface area contributed by atoms with E-state index < -0.39 is 0 Å². The van der Waals surface area contributed by atoms with E-state index in [2.05, 4.69) is 25.1 Å². The van der Waals surface area contributed by atoms with E-state index in [0.29, 0.717) is 12.4 Å². The molecule has 2 aromatic carbocycles. The molecule has 1 amide bonds. The number of thiophene rings is 1. The van der Waals surface area contributed by atoms with Crippen molar-refractivity contribution in [1.82, 2.24) is 0 Å². The standard InChI is InChI=1S/C24H25NO3S/c1-16-6-8-20-19(11-16)5-4-10-25(20)24(26)23-13-18(15-29-23)14-28-21-9-7-17(2)12-22(21)27-3/h6-9,11-13,15H,4-5,10,14H2,1-3H3. The number of carbonyl (C=O) groups is 1. The van der Waals surface area contributed by atoms with Crippen LogP contribution >= 0.6 is 11.3 Å². The van der Waals surface area contributed by atoms with Crippen LogP contribution in [0.3, 0.4) is 0 Å². The molecular weight excluding hydrogens is 382 g/mol. The van der Waals surface area contributed by atoms with Crippen LogP contribution in [0.15, 0.2) is 47.8 Å². The van der Waals surface area contributed by atoms with Crippen molar-refractivity contribution in [2.45, 2.75) is 33.3 Å². The van der Waals surface area contributed by atoms with Crippen LogP contribution in [0.4, 0.5) is 5.69 Å². The molecule has 1 aromatic heterocycles. The predicted molar refractivity (Wildman–Crippen MR) is 118 cm³/mol. The number of carbonyl (C=O) groups excluding carboxylic acids is 1. The lowest BCUT2D eigenvalue weighted by Gasteiger charge is -2.29. The Morgan fingerprint density at radius 2 is 1.86 bits per heavy atom. The molecule has 0 bridgehead atoms. The molecule has 2 heterocycles. The van der Waals surface area contributed by atoms with Crippen molar-refractivity contribution in [2.75, 3.05) is 18.6 Å². The van der Waals surface area contributed by atoms with Crippen molar-refractivity contribution >= 4 is 22.9 Å². The number of aryl methyl sites for hydroxylation is 3. The predicted octanol–water partition coefficient (Wildman–Crippen LogP) is 5.55. The highest BCUT2D eigenvalue weighted by molar-refractivity contribution is 7.12. The zero-order chi connectivity index (χ0) is 20.4. The van der Waals surface area contributed by atoms with Gasteiger partial charge in [-0.15, -0.1) is 11.3 Å². The van der Waals surface area contributed by atoms with Crippen LogP contribution in [0.1, 0.15) is 38.3 Å². The van der Waals surface area contributed by atoms with E-state index in [0.717, 1.165) is 46.8 Å². The number of nitrogens with zero attached hydrogens (tertiary/aromatic N) is 1. The summed E-state index contributed by atoms with van der Waals surface area (Å²) in [5, 5.41) is 1.99. The maximum absolute atomic E-state index is 13.1. The van der Waals surface area contributed by atoms with Crippen molar-refractivity contribution < 1.29 is 14.3 Å². The third kappa shape index (κ3) is 4.15. The monoisotopic (exact) mass is 407 g/mol. The fourth-order valence-electron chi connectivity index (χ4n) is 3.69. The number of anilines is 1. The smallest absolute Gasteiger partial charge is 0.268 e. The number of ether oxygens (including phenoxy) is 2. The van der Waals surface area contributed by atoms with Gasteiger partial charge in [-0.05, 0) is 67.5 Å². The minimum absolute atomic E-state index is 0.0685. The highest BCUT2D eigenvalue weighted by Gasteiger charge is 2.24. The van der Waals surface area contributed by atoms with Crippen LogP contribution in [-0.4, -0.2) is 19.6 Å². The molecule has 4 nitrogen and oxygen atoms in total. The minimum Gasteiger partial charge on any atom is -0.493 e. The largest absolute Gasteiger partial charge is 0.493 e. The number of fused-ring (bicyclic) bond motifs is 1. The summed E-state index contributed by atoms with van der Waals surface area (Å²) in [6.07, 6.45) is 2.03. The van der Waals surface area contributed by atoms with Gasteiger partial charge in [0.1, 0.15) is 6.61 Å². The van der Waals surface area contributed by atoms with Crippen molar-refractivity contribution in [3.63, 3.8) is 0 Å². The SMILES string of the molecule is COc1cc(C)ccc1OCc1csc(C(=O)N2CCCc3cc(C)ccc32)c1. The van der Waals surface area contributed by atoms with E-state index in [1.807, 2.05) is 41.5 Å². The normalized spacial score (nSPS) is 13.1. The molecular formula is C24H25NO3S. The third-order valence-corrected chi connectivity index (χ3v) is 6.14. The molecule has 0 atom stereocenters. The average Bonchev–Trinajstić information content (AvgIpc) is 3.20. The highest BCUT2D eigenvalue weighted by Crippen LogP contribution is 2.31. The lowest BCUT2D eigenvalue weighted by molar-refractivity contribution is 0.0989. The van der Waals surface area contributed by atoms with Gasteiger partial charge in [-0.1, -0.05) is 23.8 Å². The molecule has 0 saturated carbocycles. The van der Waals surface area contributed by atoms with Crippen LogP contribution in [0.2, 0.25) is 0 Å². The summed E-state index contributed by atoms with van der Waals surface area (Å²) in [5.74, 6) is 1.49. The number of methoxy groups -OCH3 is 1. The summed E-state index contributed by atoms with van der Waals surface area (Å²) in [6.45, 7) is 5.27. The van der Waals surface area contributed by atoms with Gasteiger partial charge in [-0.3, -0.25) is 4.79 Å². The Hall–Kier alpha value is -2.79. The topological polar surface area (TPSA) is 38.8 Å². The van der Waals surface area contributed by atoms with E-state index >= 15 is 0 Å². The highest BCUT2D eigenvalue weighted by atomic mass is 32.1. The van der Waals surface area contributed by atoms with E-state index in [1.54, 1.807) is 7.11 Å². The maximum Gasteiger partial charge on any atom is 0.268 e. The molecule has 4 rings (SSSR count). The Morgan fingerprint density at radius 1 is 1.07 bits per heavy atom. The van der Waals surface area contributed by atoms with Crippen molar-refractivity contribution in [2.24, 2.45) is 0 Å². The van der Waals surface area contributed by atoms with Gasteiger partial charge in [0.2, 0.25) is 0 Å². The first kappa shape index (κ1) is 19.5. The van der Waals surface area contributed by atoms with Gasteiger partial charge >= 0.3 is 0 Å². The number of rotatable bonds is 5. The molecule has 0 unspecified atom stereocenters. The number of hydrogen-bond acceptors (Lipinski definition) is 4. The second-order valence-electron chi connectivity index (χ2n) is 7.45. The Labute approximate surface area is 175 Å². The molecule has 0 saturated heterocycles. The maximum atomic E-state index is 13.1. The lowest BCUT2D eigenvalue weighted by atomic mass is 9.99. The molecule has 3 aromatic rings. The first-order valence-corrected chi connectivity index (χ1v) is 10.7. The Morgan fingerprint density at radius 3 is 2.69 bits per heavy atom. The van der Waals surface area contributed by atoms with E-state index in [4.69, 9.17) is 9.47 Å². The van der Waals surface area contributed by atoms with Crippen LogP contribution in [0.5, 0.6) is 11.5 Å². The van der Waals surface area contributed by atoms with E-state index in [1.165, 1.54) is 22.5 Å². The van der Waals surface area contributed by atoms with Crippen LogP contribution in [-0.2, 0) is 13.0 Å². The summed E-state index contributed by atoms with van der Waals surface area (Å²) in [6, 6.07) is 14.1. The van der Waals surface area contributed by atoms with Gasteiger partial charge in [-0.2, -0.15) is 0 Å². The van der Waals surface area contributed by atoms with Crippen molar-refractivity contribution in [1.29, 1.82) is 0 Å². The van der Waals surface area contributed by atoms with E-state index in [-0.39, 0.29) is 5.91 Å². The second kappa shape index (κ2) is 8.29. The molecule has 5 heteroatoms. The van der Waals surface area contributed by atoms with Gasteiger partial charge in [-0.25, -0.2) is 0 Å². The minimum atomic E-state index is 0.0685. The van der Waals surface area contributed by atoms with Crippen molar-refractivity contribution in [3.8, 4) is 11.5 Å². The summed E-state index contributed by atoms with van der Waals surface area (Å²) >= 11 is 1.47. The number of amides is 1. The Bertz CT molecular complexity index is 1040. The molecule has 0 radical (unpaired) electrons. The van der Waals surface area contributed by atoms with E-state index in [9.17, 15) is 4.79 Å². The summed E-state index contributed by atoms with van der Waals surface area (Å²) in [7, 11) is 1.64. The third-order valence-electron chi connectivity index (χ3n) is 5.18. The van der Waals surface area contributed by atoms with Crippen LogP contribution < -0.4 is 14.4 Å².